The number of anilines is 6. The quantitative estimate of drug-likeness (QED) is 0.220. The Kier molecular flexibility index (Phi) is 8.06. The predicted molar refractivity (Wildman–Crippen MR) is 164 cm³/mol. The number of hydrogen-bond acceptors (Lipinski definition) is 7. The largest absolute Gasteiger partial charge is 0.322 e. The lowest BCUT2D eigenvalue weighted by Gasteiger charge is -2.38. The highest BCUT2D eigenvalue weighted by Gasteiger charge is 2.31. The summed E-state index contributed by atoms with van der Waals surface area (Å²) in [7, 11) is 5.67. The third-order valence-electron chi connectivity index (χ3n) is 6.01. The first kappa shape index (κ1) is 27.3. The molecule has 2 N–H and O–H groups in total. The highest BCUT2D eigenvalue weighted by molar-refractivity contribution is 7.80. The Balaban J connectivity index is 1.51. The lowest BCUT2D eigenvalue weighted by Crippen LogP contribution is -2.45. The molecule has 0 aliphatic carbocycles. The number of hydrogen-bond donors (Lipinski definition) is 2. The maximum absolute atomic E-state index is 12.5. The number of amides is 1. The number of carbonyl (C=O) groups is 1. The number of likely N-dealkylation sites (N-methyl/N-ethyl adjacent to an activating group) is 1. The van der Waals surface area contributed by atoms with Gasteiger partial charge in [-0.05, 0) is 56.6 Å². The SMILES string of the molecule is CN(C)C/C=C/C(=O)Nc1cccc(N2C(=S)N(c3ccccc3)Cc3cnc(Nc4cn(C)nc4Cl)nc32)c1. The van der Waals surface area contributed by atoms with E-state index in [0.29, 0.717) is 46.5 Å². The summed E-state index contributed by atoms with van der Waals surface area (Å²) in [6, 6.07) is 17.4. The summed E-state index contributed by atoms with van der Waals surface area (Å²) in [5, 5.41) is 11.1. The number of rotatable bonds is 8. The van der Waals surface area contributed by atoms with Gasteiger partial charge in [0.15, 0.2) is 10.3 Å². The molecule has 204 valence electrons. The minimum Gasteiger partial charge on any atom is -0.322 e. The van der Waals surface area contributed by atoms with Crippen LogP contribution in [0.1, 0.15) is 5.56 Å². The fourth-order valence-corrected chi connectivity index (χ4v) is 4.77. The van der Waals surface area contributed by atoms with Crippen LogP contribution in [0.25, 0.3) is 0 Å². The number of nitrogens with zero attached hydrogens (tertiary/aromatic N) is 7. The molecule has 2 aromatic heterocycles. The van der Waals surface area contributed by atoms with Gasteiger partial charge in [0.1, 0.15) is 5.82 Å². The van der Waals surface area contributed by atoms with Gasteiger partial charge in [0.05, 0.1) is 17.9 Å². The van der Waals surface area contributed by atoms with Crippen molar-refractivity contribution in [1.29, 1.82) is 0 Å². The van der Waals surface area contributed by atoms with Crippen LogP contribution in [0, 0.1) is 0 Å². The molecule has 2 aromatic carbocycles. The topological polar surface area (TPSA) is 94.5 Å². The molecule has 0 bridgehead atoms. The van der Waals surface area contributed by atoms with E-state index in [1.54, 1.807) is 24.1 Å². The molecule has 1 aliphatic rings. The summed E-state index contributed by atoms with van der Waals surface area (Å²) in [6.07, 6.45) is 6.87. The second-order valence-corrected chi connectivity index (χ2v) is 10.1. The molecule has 0 atom stereocenters. The zero-order valence-electron chi connectivity index (χ0n) is 22.2. The van der Waals surface area contributed by atoms with Crippen molar-refractivity contribution >= 4 is 69.4 Å². The molecule has 0 unspecified atom stereocenters. The third kappa shape index (κ3) is 6.12. The van der Waals surface area contributed by atoms with Gasteiger partial charge in [-0.3, -0.25) is 14.4 Å². The molecule has 4 aromatic rings. The minimum absolute atomic E-state index is 0.214. The molecule has 1 aliphatic heterocycles. The van der Waals surface area contributed by atoms with Crippen molar-refractivity contribution in [3.8, 4) is 0 Å². The fraction of sp³-hybridized carbons (Fsp3) is 0.179. The monoisotopic (exact) mass is 573 g/mol. The summed E-state index contributed by atoms with van der Waals surface area (Å²) in [6.45, 7) is 1.16. The van der Waals surface area contributed by atoms with E-state index in [9.17, 15) is 4.79 Å². The Morgan fingerprint density at radius 2 is 1.93 bits per heavy atom. The maximum atomic E-state index is 12.5. The van der Waals surface area contributed by atoms with E-state index in [1.807, 2.05) is 89.5 Å². The summed E-state index contributed by atoms with van der Waals surface area (Å²) in [5.41, 5.74) is 3.79. The minimum atomic E-state index is -0.214. The number of fused-ring (bicyclic) bond motifs is 1. The van der Waals surface area contributed by atoms with Crippen molar-refractivity contribution in [2.24, 2.45) is 7.05 Å². The smallest absolute Gasteiger partial charge is 0.248 e. The van der Waals surface area contributed by atoms with Gasteiger partial charge >= 0.3 is 0 Å². The van der Waals surface area contributed by atoms with E-state index in [4.69, 9.17) is 28.8 Å². The highest BCUT2D eigenvalue weighted by Crippen LogP contribution is 2.37. The molecule has 1 amide bonds. The van der Waals surface area contributed by atoms with Gasteiger partial charge < -0.3 is 20.4 Å². The molecule has 0 fully saturated rings. The third-order valence-corrected chi connectivity index (χ3v) is 6.70. The molecule has 10 nitrogen and oxygen atoms in total. The van der Waals surface area contributed by atoms with E-state index >= 15 is 0 Å². The molecular formula is C28H28ClN9OS. The van der Waals surface area contributed by atoms with Crippen molar-refractivity contribution in [2.45, 2.75) is 6.54 Å². The van der Waals surface area contributed by atoms with Crippen LogP contribution in [-0.4, -0.2) is 56.3 Å². The van der Waals surface area contributed by atoms with Gasteiger partial charge in [0.25, 0.3) is 0 Å². The van der Waals surface area contributed by atoms with Gasteiger partial charge in [-0.2, -0.15) is 10.1 Å². The van der Waals surface area contributed by atoms with Gasteiger partial charge in [0, 0.05) is 49.0 Å². The zero-order valence-corrected chi connectivity index (χ0v) is 23.8. The highest BCUT2D eigenvalue weighted by atomic mass is 35.5. The van der Waals surface area contributed by atoms with Gasteiger partial charge in [-0.1, -0.05) is 41.9 Å². The van der Waals surface area contributed by atoms with Gasteiger partial charge in [-0.25, -0.2) is 4.98 Å². The van der Waals surface area contributed by atoms with E-state index in [1.165, 1.54) is 6.08 Å². The maximum Gasteiger partial charge on any atom is 0.248 e. The molecule has 40 heavy (non-hydrogen) atoms. The zero-order chi connectivity index (χ0) is 28.2. The second kappa shape index (κ2) is 11.8. The standard InChI is InChI=1S/C28H28ClN9OS/c1-35(2)14-8-13-24(39)31-20-9-7-12-22(15-20)38-26-19(17-37(28(38)40)21-10-5-4-6-11-21)16-30-27(33-26)32-23-18-36(3)34-25(23)29/h4-13,15-16,18H,14,17H2,1-3H3,(H,31,39)(H,30,32,33)/b13-8+. The van der Waals surface area contributed by atoms with Crippen molar-refractivity contribution in [2.75, 3.05) is 41.1 Å². The molecule has 5 rings (SSSR count). The van der Waals surface area contributed by atoms with Crippen molar-refractivity contribution < 1.29 is 4.79 Å². The van der Waals surface area contributed by atoms with Gasteiger partial charge in [-0.15, -0.1) is 0 Å². The predicted octanol–water partition coefficient (Wildman–Crippen LogP) is 5.11. The lowest BCUT2D eigenvalue weighted by molar-refractivity contribution is -0.111. The molecule has 0 saturated carbocycles. The molecule has 12 heteroatoms. The van der Waals surface area contributed by atoms with Crippen molar-refractivity contribution in [3.63, 3.8) is 0 Å². The van der Waals surface area contributed by atoms with Crippen LogP contribution in [0.15, 0.2) is 79.1 Å². The number of carbonyl (C=O) groups excluding carboxylic acids is 1. The number of aromatic nitrogens is 4. The molecule has 0 spiro atoms. The number of thiocarbonyl (C=S) groups is 1. The summed E-state index contributed by atoms with van der Waals surface area (Å²) < 4.78 is 1.61. The molecule has 0 radical (unpaired) electrons. The summed E-state index contributed by atoms with van der Waals surface area (Å²) in [4.78, 5) is 27.8. The van der Waals surface area contributed by atoms with Crippen LogP contribution >= 0.6 is 23.8 Å². The summed E-state index contributed by atoms with van der Waals surface area (Å²) >= 11 is 12.3. The van der Waals surface area contributed by atoms with Crippen LogP contribution in [-0.2, 0) is 18.4 Å². The van der Waals surface area contributed by atoms with Crippen LogP contribution in [0.5, 0.6) is 0 Å². The van der Waals surface area contributed by atoms with E-state index in [2.05, 4.69) is 20.7 Å². The lowest BCUT2D eigenvalue weighted by atomic mass is 10.1. The molecular weight excluding hydrogens is 546 g/mol. The fourth-order valence-electron chi connectivity index (χ4n) is 4.20. The van der Waals surface area contributed by atoms with Crippen molar-refractivity contribution in [1.82, 2.24) is 24.6 Å². The molecule has 3 heterocycles. The van der Waals surface area contributed by atoms with E-state index < -0.39 is 0 Å². The van der Waals surface area contributed by atoms with Crippen LogP contribution in [0.2, 0.25) is 5.15 Å². The average molecular weight is 574 g/mol. The van der Waals surface area contributed by atoms with Crippen LogP contribution in [0.4, 0.5) is 34.5 Å². The van der Waals surface area contributed by atoms with E-state index in [-0.39, 0.29) is 5.91 Å². The number of benzene rings is 2. The Hall–Kier alpha value is -4.32. The number of aryl methyl sites for hydroxylation is 1. The first-order chi connectivity index (χ1) is 19.3. The first-order valence-corrected chi connectivity index (χ1v) is 13.3. The Labute approximate surface area is 242 Å². The number of para-hydroxylation sites is 1. The van der Waals surface area contributed by atoms with Crippen LogP contribution in [0.3, 0.4) is 0 Å². The van der Waals surface area contributed by atoms with E-state index in [0.717, 1.165) is 16.9 Å². The first-order valence-electron chi connectivity index (χ1n) is 12.5. The summed E-state index contributed by atoms with van der Waals surface area (Å²) in [5.74, 6) is 0.767. The molecule has 0 saturated heterocycles. The Morgan fingerprint density at radius 3 is 2.65 bits per heavy atom. The second-order valence-electron chi connectivity index (χ2n) is 9.42. The average Bonchev–Trinajstić information content (AvgIpc) is 3.24. The Bertz CT molecular complexity index is 1570. The Morgan fingerprint density at radius 1 is 1.15 bits per heavy atom. The van der Waals surface area contributed by atoms with Gasteiger partial charge in [0.2, 0.25) is 11.9 Å². The van der Waals surface area contributed by atoms with Crippen LogP contribution < -0.4 is 20.4 Å². The normalized spacial score (nSPS) is 13.2. The van der Waals surface area contributed by atoms with Crippen molar-refractivity contribution in [3.05, 3.63) is 89.9 Å². The number of halogens is 1. The number of nitrogens with one attached hydrogen (secondary N) is 2.